The van der Waals surface area contributed by atoms with Crippen molar-refractivity contribution in [2.45, 2.75) is 12.5 Å². The van der Waals surface area contributed by atoms with Crippen LogP contribution < -0.4 is 9.47 Å². The fourth-order valence-electron chi connectivity index (χ4n) is 2.71. The highest BCUT2D eigenvalue weighted by Gasteiger charge is 2.28. The average molecular weight is 388 g/mol. The van der Waals surface area contributed by atoms with Crippen molar-refractivity contribution in [3.05, 3.63) is 48.7 Å². The number of ether oxygens (including phenoxy) is 2. The number of carboxylic acid groups (broad SMARTS) is 1. The number of thioether (sulfide) groups is 1. The normalized spacial score (nSPS) is 16.6. The maximum Gasteiger partial charge on any atom is 0.305 e. The quantitative estimate of drug-likeness (QED) is 0.780. The van der Waals surface area contributed by atoms with Crippen molar-refractivity contribution in [1.29, 1.82) is 0 Å². The molecule has 1 unspecified atom stereocenters. The topological polar surface area (TPSA) is 89.0 Å². The fraction of sp³-hybridized carbons (Fsp3) is 0.316. The van der Waals surface area contributed by atoms with Crippen molar-refractivity contribution >= 4 is 23.6 Å². The van der Waals surface area contributed by atoms with Crippen LogP contribution in [0.25, 0.3) is 0 Å². The van der Waals surface area contributed by atoms with Crippen LogP contribution >= 0.6 is 11.8 Å². The van der Waals surface area contributed by atoms with Gasteiger partial charge in [-0.25, -0.2) is 4.98 Å². The molecule has 3 rings (SSSR count). The van der Waals surface area contributed by atoms with Crippen LogP contribution in [-0.4, -0.2) is 57.6 Å². The Morgan fingerprint density at radius 2 is 1.96 bits per heavy atom. The number of carbonyl (C=O) groups excluding carboxylic acids is 1. The molecule has 7 nitrogen and oxygen atoms in total. The number of hydrogen-bond donors (Lipinski definition) is 1. The lowest BCUT2D eigenvalue weighted by atomic mass is 10.2. The van der Waals surface area contributed by atoms with Gasteiger partial charge >= 0.3 is 5.97 Å². The third-order valence-electron chi connectivity index (χ3n) is 4.00. The second-order valence-corrected chi connectivity index (χ2v) is 7.09. The van der Waals surface area contributed by atoms with E-state index >= 15 is 0 Å². The molecule has 0 aliphatic carbocycles. The third kappa shape index (κ3) is 5.62. The van der Waals surface area contributed by atoms with E-state index in [4.69, 9.17) is 14.6 Å². The van der Waals surface area contributed by atoms with Gasteiger partial charge in [-0.1, -0.05) is 6.07 Å². The first-order chi connectivity index (χ1) is 13.1. The monoisotopic (exact) mass is 388 g/mol. The Labute approximate surface area is 161 Å². The van der Waals surface area contributed by atoms with Gasteiger partial charge in [-0.15, -0.1) is 0 Å². The lowest BCUT2D eigenvalue weighted by Gasteiger charge is -2.34. The molecule has 1 fully saturated rings. The van der Waals surface area contributed by atoms with Crippen molar-refractivity contribution in [3.63, 3.8) is 0 Å². The summed E-state index contributed by atoms with van der Waals surface area (Å²) < 4.78 is 11.2. The van der Waals surface area contributed by atoms with E-state index in [-0.39, 0.29) is 25.0 Å². The highest BCUT2D eigenvalue weighted by Crippen LogP contribution is 2.23. The van der Waals surface area contributed by atoms with E-state index in [1.807, 2.05) is 12.1 Å². The van der Waals surface area contributed by atoms with Gasteiger partial charge in [0.2, 0.25) is 5.88 Å². The molecule has 0 bridgehead atoms. The number of hydrogen-bond acceptors (Lipinski definition) is 6. The van der Waals surface area contributed by atoms with E-state index in [0.717, 1.165) is 5.75 Å². The summed E-state index contributed by atoms with van der Waals surface area (Å²) in [6, 6.07) is 12.0. The molecule has 1 atom stereocenters. The zero-order valence-electron chi connectivity index (χ0n) is 14.6. The SMILES string of the molecule is O=C(O)CC1CSCCN1C(=O)COc1ccc(Oc2ccccn2)cc1. The van der Waals surface area contributed by atoms with E-state index < -0.39 is 5.97 Å². The Balaban J connectivity index is 1.53. The number of aliphatic carboxylic acids is 1. The van der Waals surface area contributed by atoms with Crippen LogP contribution in [0.5, 0.6) is 17.4 Å². The zero-order valence-corrected chi connectivity index (χ0v) is 15.4. The number of aromatic nitrogens is 1. The van der Waals surface area contributed by atoms with Gasteiger partial charge in [0.15, 0.2) is 6.61 Å². The molecular weight excluding hydrogens is 368 g/mol. The summed E-state index contributed by atoms with van der Waals surface area (Å²) in [6.45, 7) is 0.420. The first-order valence-electron chi connectivity index (χ1n) is 8.52. The number of carboxylic acids is 1. The molecule has 1 aliphatic heterocycles. The lowest BCUT2D eigenvalue weighted by molar-refractivity contribution is -0.141. The van der Waals surface area contributed by atoms with E-state index in [0.29, 0.717) is 29.7 Å². The molecule has 1 aliphatic rings. The predicted molar refractivity (Wildman–Crippen MR) is 101 cm³/mol. The molecule has 142 valence electrons. The summed E-state index contributed by atoms with van der Waals surface area (Å²) in [5, 5.41) is 9.01. The Morgan fingerprint density at radius 3 is 2.67 bits per heavy atom. The summed E-state index contributed by atoms with van der Waals surface area (Å²) in [5.41, 5.74) is 0. The smallest absolute Gasteiger partial charge is 0.305 e. The number of nitrogens with zero attached hydrogens (tertiary/aromatic N) is 2. The Bertz CT molecular complexity index is 769. The van der Waals surface area contributed by atoms with Crippen LogP contribution in [0.15, 0.2) is 48.7 Å². The van der Waals surface area contributed by atoms with Crippen molar-refractivity contribution < 1.29 is 24.2 Å². The van der Waals surface area contributed by atoms with Gasteiger partial charge in [0.05, 0.1) is 12.5 Å². The molecule has 1 aromatic heterocycles. The molecule has 1 aromatic carbocycles. The van der Waals surface area contributed by atoms with E-state index in [2.05, 4.69) is 4.98 Å². The number of amides is 1. The molecule has 27 heavy (non-hydrogen) atoms. The van der Waals surface area contributed by atoms with Crippen LogP contribution in [0.4, 0.5) is 0 Å². The Kier molecular flexibility index (Phi) is 6.54. The van der Waals surface area contributed by atoms with Crippen LogP contribution in [0.2, 0.25) is 0 Å². The molecule has 0 radical (unpaired) electrons. The summed E-state index contributed by atoms with van der Waals surface area (Å²) in [7, 11) is 0. The van der Waals surface area contributed by atoms with Crippen LogP contribution in [0, 0.1) is 0 Å². The number of pyridine rings is 1. The highest BCUT2D eigenvalue weighted by atomic mass is 32.2. The van der Waals surface area contributed by atoms with Gasteiger partial charge in [0.25, 0.3) is 5.91 Å². The summed E-state index contributed by atoms with van der Waals surface area (Å²) >= 11 is 1.67. The number of benzene rings is 1. The van der Waals surface area contributed by atoms with Gasteiger partial charge in [-0.2, -0.15) is 11.8 Å². The molecule has 0 saturated carbocycles. The standard InChI is InChI=1S/C19H20N2O5S/c22-18(21-9-10-27-13-14(21)11-19(23)24)12-25-15-4-6-16(7-5-15)26-17-3-1-2-8-20-17/h1-8,14H,9-13H2,(H,23,24). The number of carbonyl (C=O) groups is 2. The minimum atomic E-state index is -0.898. The highest BCUT2D eigenvalue weighted by molar-refractivity contribution is 7.99. The van der Waals surface area contributed by atoms with Gasteiger partial charge in [0, 0.05) is 30.3 Å². The van der Waals surface area contributed by atoms with Crippen LogP contribution in [-0.2, 0) is 9.59 Å². The van der Waals surface area contributed by atoms with Crippen molar-refractivity contribution in [2.75, 3.05) is 24.7 Å². The van der Waals surface area contributed by atoms with Crippen LogP contribution in [0.3, 0.4) is 0 Å². The molecule has 0 spiro atoms. The van der Waals surface area contributed by atoms with E-state index in [1.54, 1.807) is 53.2 Å². The third-order valence-corrected chi connectivity index (χ3v) is 5.10. The molecular formula is C19H20N2O5S. The molecule has 2 aromatic rings. The summed E-state index contributed by atoms with van der Waals surface area (Å²) in [6.07, 6.45) is 1.60. The van der Waals surface area contributed by atoms with Crippen molar-refractivity contribution in [3.8, 4) is 17.4 Å². The average Bonchev–Trinajstić information content (AvgIpc) is 2.68. The van der Waals surface area contributed by atoms with E-state index in [1.165, 1.54) is 0 Å². The first-order valence-corrected chi connectivity index (χ1v) is 9.68. The number of rotatable bonds is 7. The first kappa shape index (κ1) is 19.0. The van der Waals surface area contributed by atoms with Gasteiger partial charge < -0.3 is 19.5 Å². The second-order valence-electron chi connectivity index (χ2n) is 5.94. The Morgan fingerprint density at radius 1 is 1.19 bits per heavy atom. The minimum absolute atomic E-state index is 0.0434. The largest absolute Gasteiger partial charge is 0.484 e. The fourth-order valence-corrected chi connectivity index (χ4v) is 3.78. The van der Waals surface area contributed by atoms with Gasteiger partial charge in [-0.05, 0) is 30.3 Å². The molecule has 1 amide bonds. The van der Waals surface area contributed by atoms with Crippen molar-refractivity contribution in [2.24, 2.45) is 0 Å². The van der Waals surface area contributed by atoms with Crippen molar-refractivity contribution in [1.82, 2.24) is 9.88 Å². The second kappa shape index (κ2) is 9.27. The van der Waals surface area contributed by atoms with Gasteiger partial charge in [0.1, 0.15) is 11.5 Å². The maximum atomic E-state index is 12.4. The summed E-state index contributed by atoms with van der Waals surface area (Å²) in [5.74, 6) is 1.99. The molecule has 1 saturated heterocycles. The maximum absolute atomic E-state index is 12.4. The zero-order chi connectivity index (χ0) is 19.1. The molecule has 1 N–H and O–H groups in total. The lowest BCUT2D eigenvalue weighted by Crippen LogP contribution is -2.48. The minimum Gasteiger partial charge on any atom is -0.484 e. The van der Waals surface area contributed by atoms with Crippen LogP contribution in [0.1, 0.15) is 6.42 Å². The molecule has 8 heteroatoms. The van der Waals surface area contributed by atoms with Gasteiger partial charge in [-0.3, -0.25) is 9.59 Å². The Hall–Kier alpha value is -2.74. The summed E-state index contributed by atoms with van der Waals surface area (Å²) in [4.78, 5) is 29.1. The predicted octanol–water partition coefficient (Wildman–Crippen LogP) is 2.67. The van der Waals surface area contributed by atoms with E-state index in [9.17, 15) is 9.59 Å². The molecule has 2 heterocycles.